The zero-order valence-electron chi connectivity index (χ0n) is 11.8. The predicted molar refractivity (Wildman–Crippen MR) is 81.7 cm³/mol. The maximum atomic E-state index is 5.36. The molecule has 19 heavy (non-hydrogen) atoms. The van der Waals surface area contributed by atoms with Crippen molar-refractivity contribution in [1.29, 1.82) is 0 Å². The van der Waals surface area contributed by atoms with E-state index < -0.39 is 0 Å². The van der Waals surface area contributed by atoms with Crippen LogP contribution < -0.4 is 14.8 Å². The molecule has 0 aromatic heterocycles. The van der Waals surface area contributed by atoms with Gasteiger partial charge in [-0.25, -0.2) is 0 Å². The maximum Gasteiger partial charge on any atom is 0.161 e. The largest absolute Gasteiger partial charge is 0.497 e. The number of nitrogens with zero attached hydrogens (tertiary/aromatic N) is 1. The van der Waals surface area contributed by atoms with Crippen LogP contribution in [0.1, 0.15) is 20.3 Å². The average molecular weight is 280 g/mol. The Morgan fingerprint density at radius 3 is 2.68 bits per heavy atom. The zero-order chi connectivity index (χ0) is 13.8. The van der Waals surface area contributed by atoms with Crippen molar-refractivity contribution in [2.45, 2.75) is 31.6 Å². The standard InChI is InChI=1S/C14H20N2O2S/c1-9-7-10(2)19-14(15-9)16-12-8-11(17-3)5-6-13(12)18-4/h5-6,8-10H,7H2,1-4H3,(H,15,16). The zero-order valence-corrected chi connectivity index (χ0v) is 12.6. The first-order chi connectivity index (χ1) is 9.12. The molecule has 5 heteroatoms. The summed E-state index contributed by atoms with van der Waals surface area (Å²) < 4.78 is 10.6. The van der Waals surface area contributed by atoms with E-state index in [0.29, 0.717) is 11.3 Å². The van der Waals surface area contributed by atoms with Gasteiger partial charge in [-0.05, 0) is 25.5 Å². The summed E-state index contributed by atoms with van der Waals surface area (Å²) in [5.41, 5.74) is 0.884. The number of anilines is 1. The predicted octanol–water partition coefficient (Wildman–Crippen LogP) is 3.39. The molecule has 0 amide bonds. The van der Waals surface area contributed by atoms with Crippen molar-refractivity contribution in [3.63, 3.8) is 0 Å². The number of ether oxygens (including phenoxy) is 2. The van der Waals surface area contributed by atoms with Gasteiger partial charge in [0, 0.05) is 11.3 Å². The van der Waals surface area contributed by atoms with Gasteiger partial charge in [-0.1, -0.05) is 18.7 Å². The number of thioether (sulfide) groups is 1. The Labute approximate surface area is 118 Å². The van der Waals surface area contributed by atoms with Crippen molar-refractivity contribution in [3.05, 3.63) is 18.2 Å². The second-order valence-electron chi connectivity index (χ2n) is 4.64. The normalized spacial score (nSPS) is 22.6. The lowest BCUT2D eigenvalue weighted by Crippen LogP contribution is -2.22. The first-order valence-electron chi connectivity index (χ1n) is 6.36. The minimum atomic E-state index is 0.357. The summed E-state index contributed by atoms with van der Waals surface area (Å²) in [4.78, 5) is 4.63. The molecule has 1 heterocycles. The molecule has 1 aliphatic rings. The van der Waals surface area contributed by atoms with E-state index in [0.717, 1.165) is 28.8 Å². The van der Waals surface area contributed by atoms with Crippen molar-refractivity contribution >= 4 is 22.6 Å². The molecule has 0 saturated carbocycles. The monoisotopic (exact) mass is 280 g/mol. The van der Waals surface area contributed by atoms with Gasteiger partial charge >= 0.3 is 0 Å². The van der Waals surface area contributed by atoms with Gasteiger partial charge in [0.2, 0.25) is 0 Å². The number of methoxy groups -OCH3 is 2. The number of hydrogen-bond donors (Lipinski definition) is 1. The maximum absolute atomic E-state index is 5.36. The number of benzene rings is 1. The fourth-order valence-corrected chi connectivity index (χ4v) is 3.26. The van der Waals surface area contributed by atoms with Gasteiger partial charge < -0.3 is 14.8 Å². The summed E-state index contributed by atoms with van der Waals surface area (Å²) in [5, 5.41) is 4.86. The van der Waals surface area contributed by atoms with E-state index in [9.17, 15) is 0 Å². The van der Waals surface area contributed by atoms with Crippen LogP contribution in [0, 0.1) is 0 Å². The molecule has 0 saturated heterocycles. The smallest absolute Gasteiger partial charge is 0.161 e. The Hall–Kier alpha value is -1.36. The highest BCUT2D eigenvalue weighted by Crippen LogP contribution is 2.32. The van der Waals surface area contributed by atoms with E-state index in [1.54, 1.807) is 26.0 Å². The summed E-state index contributed by atoms with van der Waals surface area (Å²) in [6.45, 7) is 4.36. The minimum Gasteiger partial charge on any atom is -0.497 e. The highest BCUT2D eigenvalue weighted by atomic mass is 32.2. The Morgan fingerprint density at radius 1 is 1.26 bits per heavy atom. The highest BCUT2D eigenvalue weighted by molar-refractivity contribution is 8.14. The second-order valence-corrected chi connectivity index (χ2v) is 6.07. The number of rotatable bonds is 3. The third-order valence-corrected chi connectivity index (χ3v) is 4.00. The first kappa shape index (κ1) is 14.1. The van der Waals surface area contributed by atoms with E-state index in [2.05, 4.69) is 24.2 Å². The third-order valence-electron chi connectivity index (χ3n) is 2.97. The summed E-state index contributed by atoms with van der Waals surface area (Å²) in [5.74, 6) is 1.58. The second kappa shape index (κ2) is 6.19. The molecule has 104 valence electrons. The molecule has 0 bridgehead atoms. The molecule has 1 N–H and O–H groups in total. The van der Waals surface area contributed by atoms with Gasteiger partial charge in [0.1, 0.15) is 11.5 Å². The lowest BCUT2D eigenvalue weighted by molar-refractivity contribution is 0.405. The number of nitrogens with one attached hydrogen (secondary N) is 1. The Kier molecular flexibility index (Phi) is 4.58. The van der Waals surface area contributed by atoms with E-state index in [1.807, 2.05) is 18.2 Å². The van der Waals surface area contributed by atoms with Crippen molar-refractivity contribution in [3.8, 4) is 11.5 Å². The molecule has 2 unspecified atom stereocenters. The molecule has 2 rings (SSSR count). The van der Waals surface area contributed by atoms with Crippen LogP contribution in [0.2, 0.25) is 0 Å². The van der Waals surface area contributed by atoms with Crippen LogP contribution in [0.15, 0.2) is 23.2 Å². The van der Waals surface area contributed by atoms with Gasteiger partial charge in [-0.15, -0.1) is 0 Å². The van der Waals surface area contributed by atoms with Gasteiger partial charge in [0.25, 0.3) is 0 Å². The first-order valence-corrected chi connectivity index (χ1v) is 7.24. The third kappa shape index (κ3) is 3.56. The number of aliphatic imine (C=N–C) groups is 1. The van der Waals surface area contributed by atoms with E-state index in [1.165, 1.54) is 0 Å². The molecule has 1 aromatic carbocycles. The SMILES string of the molecule is COc1ccc(OC)c(NC2=NC(C)CC(C)S2)c1. The molecule has 2 atom stereocenters. The Bertz CT molecular complexity index is 477. The highest BCUT2D eigenvalue weighted by Gasteiger charge is 2.19. The van der Waals surface area contributed by atoms with E-state index in [4.69, 9.17) is 9.47 Å². The van der Waals surface area contributed by atoms with Crippen molar-refractivity contribution in [2.75, 3.05) is 19.5 Å². The summed E-state index contributed by atoms with van der Waals surface area (Å²) in [7, 11) is 3.32. The molecule has 1 aliphatic heterocycles. The molecular formula is C14H20N2O2S. The summed E-state index contributed by atoms with van der Waals surface area (Å²) in [6.07, 6.45) is 1.12. The van der Waals surface area contributed by atoms with Gasteiger partial charge in [-0.2, -0.15) is 0 Å². The Morgan fingerprint density at radius 2 is 2.05 bits per heavy atom. The van der Waals surface area contributed by atoms with E-state index in [-0.39, 0.29) is 0 Å². The van der Waals surface area contributed by atoms with Gasteiger partial charge in [0.15, 0.2) is 5.17 Å². The summed E-state index contributed by atoms with van der Waals surface area (Å²) >= 11 is 1.76. The lowest BCUT2D eigenvalue weighted by Gasteiger charge is -2.23. The molecule has 0 radical (unpaired) electrons. The van der Waals surface area contributed by atoms with Crippen LogP contribution in [0.3, 0.4) is 0 Å². The molecule has 0 aliphatic carbocycles. The lowest BCUT2D eigenvalue weighted by atomic mass is 10.2. The summed E-state index contributed by atoms with van der Waals surface area (Å²) in [6, 6.07) is 6.05. The van der Waals surface area contributed by atoms with Crippen LogP contribution in [0.25, 0.3) is 0 Å². The van der Waals surface area contributed by atoms with E-state index >= 15 is 0 Å². The molecule has 0 fully saturated rings. The van der Waals surface area contributed by atoms with Crippen LogP contribution in [-0.2, 0) is 0 Å². The van der Waals surface area contributed by atoms with Crippen molar-refractivity contribution in [2.24, 2.45) is 4.99 Å². The number of hydrogen-bond acceptors (Lipinski definition) is 5. The topological polar surface area (TPSA) is 42.9 Å². The van der Waals surface area contributed by atoms with Crippen LogP contribution in [-0.4, -0.2) is 30.7 Å². The van der Waals surface area contributed by atoms with Crippen molar-refractivity contribution in [1.82, 2.24) is 0 Å². The van der Waals surface area contributed by atoms with Crippen LogP contribution in [0.4, 0.5) is 5.69 Å². The van der Waals surface area contributed by atoms with Crippen LogP contribution in [0.5, 0.6) is 11.5 Å². The molecule has 1 aromatic rings. The molecule has 4 nitrogen and oxygen atoms in total. The molecule has 0 spiro atoms. The minimum absolute atomic E-state index is 0.357. The quantitative estimate of drug-likeness (QED) is 0.921. The van der Waals surface area contributed by atoms with Gasteiger partial charge in [0.05, 0.1) is 25.9 Å². The average Bonchev–Trinajstić information content (AvgIpc) is 2.37. The van der Waals surface area contributed by atoms with Gasteiger partial charge in [-0.3, -0.25) is 4.99 Å². The number of amidine groups is 1. The fraction of sp³-hybridized carbons (Fsp3) is 0.500. The molecular weight excluding hydrogens is 260 g/mol. The van der Waals surface area contributed by atoms with Crippen molar-refractivity contribution < 1.29 is 9.47 Å². The Balaban J connectivity index is 2.22. The van der Waals surface area contributed by atoms with Crippen LogP contribution >= 0.6 is 11.8 Å². The fourth-order valence-electron chi connectivity index (χ4n) is 2.09.